The summed E-state index contributed by atoms with van der Waals surface area (Å²) in [5.74, 6) is -0.993. The number of rotatable bonds is 10. The molecule has 1 heterocycles. The maximum Gasteiger partial charge on any atom is 0.611 e. The Morgan fingerprint density at radius 2 is 1.23 bits per heavy atom. The van der Waals surface area contributed by atoms with Gasteiger partial charge in [-0.2, -0.15) is 0 Å². The van der Waals surface area contributed by atoms with E-state index >= 15 is 0 Å². The molecule has 4 N–H and O–H groups in total. The molecule has 0 saturated carbocycles. The van der Waals surface area contributed by atoms with Gasteiger partial charge in [0.25, 0.3) is 0 Å². The Balaban J connectivity index is 0.00000195. The van der Waals surface area contributed by atoms with E-state index in [1.165, 1.54) is 18.6 Å². The van der Waals surface area contributed by atoms with Crippen molar-refractivity contribution in [2.75, 3.05) is 11.5 Å². The van der Waals surface area contributed by atoms with Gasteiger partial charge in [-0.3, -0.25) is 20.2 Å². The van der Waals surface area contributed by atoms with Crippen molar-refractivity contribution in [2.24, 2.45) is 10.2 Å². The molecule has 0 saturated heterocycles. The molecule has 7 rings (SSSR count). The summed E-state index contributed by atoms with van der Waals surface area (Å²) in [7, 11) is 0. The molecule has 60 heavy (non-hydrogen) atoms. The third kappa shape index (κ3) is 8.31. The van der Waals surface area contributed by atoms with E-state index in [1.54, 1.807) is 60.7 Å². The Morgan fingerprint density at radius 3 is 1.85 bits per heavy atom. The van der Waals surface area contributed by atoms with Gasteiger partial charge in [-0.15, -0.1) is 10.2 Å². The summed E-state index contributed by atoms with van der Waals surface area (Å²) in [6.07, 6.45) is -0.437. The van der Waals surface area contributed by atoms with Crippen molar-refractivity contribution < 1.29 is 28.8 Å². The molecule has 0 amide bonds. The molecule has 1 aliphatic rings. The Kier molecular flexibility index (Phi) is 11.9. The topological polar surface area (TPSA) is 200 Å². The fourth-order valence-electron chi connectivity index (χ4n) is 6.52. The summed E-state index contributed by atoms with van der Waals surface area (Å²) < 4.78 is 26.3. The van der Waals surface area contributed by atoms with Crippen molar-refractivity contribution in [1.29, 1.82) is 0 Å². The van der Waals surface area contributed by atoms with Gasteiger partial charge in [0.1, 0.15) is 11.4 Å². The first kappa shape index (κ1) is 42.6. The molecular weight excluding hydrogens is 765 g/mol. The quantitative estimate of drug-likeness (QED) is 0.0580. The van der Waals surface area contributed by atoms with Crippen LogP contribution in [0.2, 0.25) is 0 Å². The SMILES string of the molecule is CCC.CCC(C)(C)c1cc(N)c(OC2(Oc3ccc4ccccc4c3N)Oc3ccc4ccccc4c3N=Nc3cc(C(C)(C)CC)cc([N+](=O)[O-])c3O2)c([N+](=O)[O-])c1. The van der Waals surface area contributed by atoms with Gasteiger partial charge in [-0.05, 0) is 69.8 Å². The minimum absolute atomic E-state index is 0.00802. The number of anilines is 2. The first-order valence-electron chi connectivity index (χ1n) is 19.9. The van der Waals surface area contributed by atoms with Gasteiger partial charge in [0.2, 0.25) is 11.5 Å². The minimum atomic E-state index is -2.95. The molecule has 312 valence electrons. The molecule has 0 bridgehead atoms. The van der Waals surface area contributed by atoms with E-state index < -0.39 is 49.7 Å². The Hall–Kier alpha value is -6.96. The van der Waals surface area contributed by atoms with Crippen LogP contribution in [0.25, 0.3) is 21.5 Å². The van der Waals surface area contributed by atoms with Crippen molar-refractivity contribution in [1.82, 2.24) is 0 Å². The fourth-order valence-corrected chi connectivity index (χ4v) is 6.52. The van der Waals surface area contributed by atoms with Crippen molar-refractivity contribution in [3.63, 3.8) is 0 Å². The average molecular weight is 815 g/mol. The third-order valence-electron chi connectivity index (χ3n) is 10.8. The van der Waals surface area contributed by atoms with Crippen LogP contribution in [-0.2, 0) is 10.8 Å². The number of nitro benzene ring substituents is 2. The van der Waals surface area contributed by atoms with E-state index in [-0.39, 0.29) is 34.2 Å². The lowest BCUT2D eigenvalue weighted by Crippen LogP contribution is -2.54. The van der Waals surface area contributed by atoms with Gasteiger partial charge in [0.05, 0.1) is 21.2 Å². The van der Waals surface area contributed by atoms with Crippen LogP contribution in [0.4, 0.5) is 34.1 Å². The van der Waals surface area contributed by atoms with Crippen molar-refractivity contribution in [3.05, 3.63) is 128 Å². The van der Waals surface area contributed by atoms with Crippen LogP contribution in [0.3, 0.4) is 0 Å². The second-order valence-electron chi connectivity index (χ2n) is 15.9. The maximum absolute atomic E-state index is 13.0. The highest BCUT2D eigenvalue weighted by molar-refractivity contribution is 5.96. The van der Waals surface area contributed by atoms with Crippen LogP contribution >= 0.6 is 0 Å². The molecule has 1 atom stereocenters. The largest absolute Gasteiger partial charge is 0.611 e. The normalized spacial score (nSPS) is 14.9. The molecule has 14 nitrogen and oxygen atoms in total. The summed E-state index contributed by atoms with van der Waals surface area (Å²) in [4.78, 5) is 24.6. The second kappa shape index (κ2) is 16.7. The number of ether oxygens (including phenoxy) is 4. The number of benzene rings is 6. The van der Waals surface area contributed by atoms with E-state index in [9.17, 15) is 20.2 Å². The summed E-state index contributed by atoms with van der Waals surface area (Å²) in [5.41, 5.74) is 12.6. The number of nitro groups is 2. The van der Waals surface area contributed by atoms with Gasteiger partial charge in [0.15, 0.2) is 11.5 Å². The first-order valence-corrected chi connectivity index (χ1v) is 19.9. The summed E-state index contributed by atoms with van der Waals surface area (Å²) >= 11 is 0. The number of hydrogen-bond donors (Lipinski definition) is 2. The standard InChI is InChI=1S/C43H42N6O8.C3H8/c1-7-41(3,4)27-21-31(44)39(33(23-27)48(50)51)56-43(54-35-19-17-25-13-9-11-15-29(25)37(35)45)55-36-20-18-26-14-10-12-16-30(26)38(36)47-46-32-22-28(42(5,6)8-2)24-34(49(52)53)40(32)57-43;1-3-2/h9-24H,7-8,44-45H2,1-6H3;3H2,1-2H3. The van der Waals surface area contributed by atoms with Gasteiger partial charge in [-0.1, -0.05) is 122 Å². The molecule has 0 aromatic heterocycles. The van der Waals surface area contributed by atoms with Crippen LogP contribution in [0.5, 0.6) is 23.0 Å². The summed E-state index contributed by atoms with van der Waals surface area (Å²) in [6, 6.07) is 27.2. The smallest absolute Gasteiger partial charge is 0.395 e. The molecule has 0 spiro atoms. The molecule has 1 aliphatic heterocycles. The zero-order chi connectivity index (χ0) is 43.6. The Bertz CT molecular complexity index is 2640. The van der Waals surface area contributed by atoms with Crippen molar-refractivity contribution in [3.8, 4) is 23.0 Å². The first-order chi connectivity index (χ1) is 28.5. The number of nitrogens with zero attached hydrogens (tertiary/aromatic N) is 4. The lowest BCUT2D eigenvalue weighted by molar-refractivity contribution is -0.403. The van der Waals surface area contributed by atoms with E-state index in [4.69, 9.17) is 30.4 Å². The van der Waals surface area contributed by atoms with Crippen LogP contribution in [0.1, 0.15) is 85.8 Å². The number of nitrogen functional groups attached to an aromatic ring is 2. The Morgan fingerprint density at radius 1 is 0.683 bits per heavy atom. The zero-order valence-corrected chi connectivity index (χ0v) is 35.1. The molecular formula is C46H50N6O8. The van der Waals surface area contributed by atoms with Gasteiger partial charge < -0.3 is 30.4 Å². The van der Waals surface area contributed by atoms with E-state index in [2.05, 4.69) is 24.1 Å². The molecule has 14 heteroatoms. The highest BCUT2D eigenvalue weighted by Gasteiger charge is 2.50. The van der Waals surface area contributed by atoms with Gasteiger partial charge in [-0.25, -0.2) is 0 Å². The maximum atomic E-state index is 13.0. The summed E-state index contributed by atoms with van der Waals surface area (Å²) in [6.45, 7) is 15.9. The molecule has 1 unspecified atom stereocenters. The monoisotopic (exact) mass is 814 g/mol. The van der Waals surface area contributed by atoms with E-state index in [0.29, 0.717) is 34.7 Å². The molecule has 0 aliphatic carbocycles. The second-order valence-corrected chi connectivity index (χ2v) is 15.9. The number of fused-ring (bicyclic) bond motifs is 5. The fraction of sp³-hybridized carbons (Fsp3) is 0.304. The zero-order valence-electron chi connectivity index (χ0n) is 35.1. The number of azo groups is 1. The van der Waals surface area contributed by atoms with Crippen molar-refractivity contribution >= 4 is 55.7 Å². The summed E-state index contributed by atoms with van der Waals surface area (Å²) in [5, 5.41) is 37.8. The number of hydrogen-bond acceptors (Lipinski definition) is 12. The van der Waals surface area contributed by atoms with E-state index in [0.717, 1.165) is 10.8 Å². The predicted octanol–water partition coefficient (Wildman–Crippen LogP) is 12.7. The average Bonchev–Trinajstić information content (AvgIpc) is 3.28. The highest BCUT2D eigenvalue weighted by Crippen LogP contribution is 2.50. The highest BCUT2D eigenvalue weighted by atomic mass is 17.0. The molecule has 0 fully saturated rings. The van der Waals surface area contributed by atoms with Gasteiger partial charge >= 0.3 is 17.5 Å². The van der Waals surface area contributed by atoms with Crippen molar-refractivity contribution in [2.45, 2.75) is 91.6 Å². The van der Waals surface area contributed by atoms with Crippen LogP contribution in [-0.4, -0.2) is 16.0 Å². The van der Waals surface area contributed by atoms with Crippen LogP contribution < -0.4 is 30.4 Å². The third-order valence-corrected chi connectivity index (χ3v) is 10.8. The molecule has 6 aromatic rings. The minimum Gasteiger partial charge on any atom is -0.395 e. The molecule has 0 radical (unpaired) electrons. The van der Waals surface area contributed by atoms with Crippen LogP contribution in [0, 0.1) is 20.2 Å². The number of nitrogens with two attached hydrogens (primary N) is 2. The lowest BCUT2D eigenvalue weighted by atomic mass is 9.82. The Labute approximate surface area is 348 Å². The molecule has 6 aromatic carbocycles. The lowest BCUT2D eigenvalue weighted by Gasteiger charge is -2.33. The predicted molar refractivity (Wildman–Crippen MR) is 235 cm³/mol. The van der Waals surface area contributed by atoms with Crippen LogP contribution in [0.15, 0.2) is 107 Å². The van der Waals surface area contributed by atoms with E-state index in [1.807, 2.05) is 65.8 Å². The van der Waals surface area contributed by atoms with Gasteiger partial charge in [0, 0.05) is 22.9 Å².